The third-order valence-corrected chi connectivity index (χ3v) is 4.96. The maximum absolute atomic E-state index is 6.06. The van der Waals surface area contributed by atoms with Crippen molar-refractivity contribution in [1.82, 2.24) is 24.6 Å². The summed E-state index contributed by atoms with van der Waals surface area (Å²) >= 11 is 0. The van der Waals surface area contributed by atoms with Gasteiger partial charge in [-0.2, -0.15) is 5.10 Å². The number of hydrogen-bond donors (Lipinski definition) is 1. The standard InChI is InChI=1S/C18H22N6/c1-12(24-9-3-4-10-24)13-5-7-14(8-6-13)17-21-16(19)15-11-20-23(2)18(15)22-17/h5-8,11-12H,3-4,9-10H2,1-2H3,(H2,19,21,22)/t12-/m0/s1. The van der Waals surface area contributed by atoms with Crippen LogP contribution in [0.1, 0.15) is 31.4 Å². The molecule has 0 bridgehead atoms. The van der Waals surface area contributed by atoms with Crippen molar-refractivity contribution in [3.8, 4) is 11.4 Å². The van der Waals surface area contributed by atoms with Gasteiger partial charge in [-0.25, -0.2) is 9.97 Å². The van der Waals surface area contributed by atoms with E-state index in [2.05, 4.69) is 51.2 Å². The Morgan fingerprint density at radius 1 is 1.08 bits per heavy atom. The van der Waals surface area contributed by atoms with Crippen LogP contribution in [0.25, 0.3) is 22.4 Å². The number of nitrogens with zero attached hydrogens (tertiary/aromatic N) is 5. The predicted molar refractivity (Wildman–Crippen MR) is 95.4 cm³/mol. The molecule has 0 spiro atoms. The molecule has 0 saturated carbocycles. The fraction of sp³-hybridized carbons (Fsp3) is 0.389. The molecule has 1 atom stereocenters. The van der Waals surface area contributed by atoms with Crippen molar-refractivity contribution in [3.05, 3.63) is 36.0 Å². The van der Waals surface area contributed by atoms with Crippen LogP contribution in [0, 0.1) is 0 Å². The summed E-state index contributed by atoms with van der Waals surface area (Å²) in [5, 5.41) is 4.99. The van der Waals surface area contributed by atoms with Gasteiger partial charge in [0.25, 0.3) is 0 Å². The van der Waals surface area contributed by atoms with Crippen LogP contribution in [-0.4, -0.2) is 37.7 Å². The fourth-order valence-electron chi connectivity index (χ4n) is 3.42. The smallest absolute Gasteiger partial charge is 0.163 e. The highest BCUT2D eigenvalue weighted by molar-refractivity contribution is 5.86. The third-order valence-electron chi connectivity index (χ3n) is 4.96. The lowest BCUT2D eigenvalue weighted by atomic mass is 10.0. The van der Waals surface area contributed by atoms with Crippen LogP contribution >= 0.6 is 0 Å². The molecule has 0 unspecified atom stereocenters. The second-order valence-corrected chi connectivity index (χ2v) is 6.48. The molecule has 24 heavy (non-hydrogen) atoms. The largest absolute Gasteiger partial charge is 0.383 e. The predicted octanol–water partition coefficient (Wildman–Crippen LogP) is 2.77. The summed E-state index contributed by atoms with van der Waals surface area (Å²) in [4.78, 5) is 11.6. The molecule has 6 heteroatoms. The topological polar surface area (TPSA) is 72.9 Å². The molecule has 0 amide bonds. The maximum Gasteiger partial charge on any atom is 0.163 e. The minimum Gasteiger partial charge on any atom is -0.383 e. The Morgan fingerprint density at radius 2 is 1.79 bits per heavy atom. The lowest BCUT2D eigenvalue weighted by molar-refractivity contribution is 0.263. The number of nitrogen functional groups attached to an aromatic ring is 1. The van der Waals surface area contributed by atoms with Gasteiger partial charge in [-0.3, -0.25) is 9.58 Å². The van der Waals surface area contributed by atoms with Gasteiger partial charge >= 0.3 is 0 Å². The quantitative estimate of drug-likeness (QED) is 0.802. The zero-order valence-corrected chi connectivity index (χ0v) is 14.1. The molecule has 1 aliphatic rings. The minimum atomic E-state index is 0.451. The van der Waals surface area contributed by atoms with E-state index in [9.17, 15) is 0 Å². The van der Waals surface area contributed by atoms with Crippen LogP contribution < -0.4 is 5.73 Å². The summed E-state index contributed by atoms with van der Waals surface area (Å²) < 4.78 is 1.72. The first-order valence-corrected chi connectivity index (χ1v) is 8.43. The van der Waals surface area contributed by atoms with Crippen molar-refractivity contribution in [2.24, 2.45) is 7.05 Å². The molecule has 1 fully saturated rings. The molecule has 1 saturated heterocycles. The van der Waals surface area contributed by atoms with E-state index in [-0.39, 0.29) is 0 Å². The SMILES string of the molecule is C[C@@H](c1ccc(-c2nc(N)c3cnn(C)c3n2)cc1)N1CCCC1. The minimum absolute atomic E-state index is 0.451. The Labute approximate surface area is 141 Å². The number of hydrogen-bond acceptors (Lipinski definition) is 5. The average molecular weight is 322 g/mol. The van der Waals surface area contributed by atoms with Gasteiger partial charge < -0.3 is 5.73 Å². The Hall–Kier alpha value is -2.47. The molecule has 6 nitrogen and oxygen atoms in total. The van der Waals surface area contributed by atoms with Gasteiger partial charge in [0, 0.05) is 18.7 Å². The van der Waals surface area contributed by atoms with Gasteiger partial charge in [-0.15, -0.1) is 0 Å². The van der Waals surface area contributed by atoms with E-state index in [1.165, 1.54) is 31.5 Å². The molecule has 2 aromatic heterocycles. The normalized spacial score (nSPS) is 16.8. The van der Waals surface area contributed by atoms with E-state index in [0.717, 1.165) is 16.6 Å². The van der Waals surface area contributed by atoms with E-state index in [1.54, 1.807) is 10.9 Å². The zero-order valence-electron chi connectivity index (χ0n) is 14.1. The van der Waals surface area contributed by atoms with Crippen molar-refractivity contribution in [2.75, 3.05) is 18.8 Å². The molecule has 4 rings (SSSR count). The second-order valence-electron chi connectivity index (χ2n) is 6.48. The zero-order chi connectivity index (χ0) is 16.7. The summed E-state index contributed by atoms with van der Waals surface area (Å²) in [6.07, 6.45) is 4.32. The molecule has 1 aromatic carbocycles. The first kappa shape index (κ1) is 15.1. The van der Waals surface area contributed by atoms with Crippen molar-refractivity contribution < 1.29 is 0 Å². The third kappa shape index (κ3) is 2.53. The molecule has 1 aliphatic heterocycles. The fourth-order valence-corrected chi connectivity index (χ4v) is 3.42. The van der Waals surface area contributed by atoms with Crippen LogP contribution in [0.15, 0.2) is 30.5 Å². The number of rotatable bonds is 3. The van der Waals surface area contributed by atoms with E-state index in [1.807, 2.05) is 7.05 Å². The van der Waals surface area contributed by atoms with E-state index in [0.29, 0.717) is 17.7 Å². The summed E-state index contributed by atoms with van der Waals surface area (Å²) in [7, 11) is 1.86. The van der Waals surface area contributed by atoms with Crippen LogP contribution in [0.5, 0.6) is 0 Å². The maximum atomic E-state index is 6.06. The van der Waals surface area contributed by atoms with Crippen LogP contribution in [-0.2, 0) is 7.05 Å². The summed E-state index contributed by atoms with van der Waals surface area (Å²) in [6.45, 7) is 4.66. The number of likely N-dealkylation sites (tertiary alicyclic amines) is 1. The molecule has 124 valence electrons. The van der Waals surface area contributed by atoms with E-state index in [4.69, 9.17) is 5.73 Å². The highest BCUT2D eigenvalue weighted by atomic mass is 15.3. The van der Waals surface area contributed by atoms with Crippen molar-refractivity contribution >= 4 is 16.9 Å². The molecule has 0 aliphatic carbocycles. The van der Waals surface area contributed by atoms with E-state index >= 15 is 0 Å². The van der Waals surface area contributed by atoms with Gasteiger partial charge in [-0.1, -0.05) is 24.3 Å². The van der Waals surface area contributed by atoms with Gasteiger partial charge in [0.15, 0.2) is 11.5 Å². The number of aromatic nitrogens is 4. The summed E-state index contributed by atoms with van der Waals surface area (Å²) in [5.41, 5.74) is 9.12. The molecular weight excluding hydrogens is 300 g/mol. The molecule has 2 N–H and O–H groups in total. The van der Waals surface area contributed by atoms with Crippen LogP contribution in [0.3, 0.4) is 0 Å². The van der Waals surface area contributed by atoms with Gasteiger partial charge in [0.1, 0.15) is 5.82 Å². The lowest BCUT2D eigenvalue weighted by Gasteiger charge is -2.24. The van der Waals surface area contributed by atoms with Crippen molar-refractivity contribution in [1.29, 1.82) is 0 Å². The van der Waals surface area contributed by atoms with Crippen molar-refractivity contribution in [2.45, 2.75) is 25.8 Å². The number of anilines is 1. The van der Waals surface area contributed by atoms with E-state index < -0.39 is 0 Å². The first-order chi connectivity index (χ1) is 11.6. The van der Waals surface area contributed by atoms with Crippen molar-refractivity contribution in [3.63, 3.8) is 0 Å². The molecule has 3 aromatic rings. The first-order valence-electron chi connectivity index (χ1n) is 8.43. The Bertz CT molecular complexity index is 861. The van der Waals surface area contributed by atoms with Crippen LogP contribution in [0.4, 0.5) is 5.82 Å². The van der Waals surface area contributed by atoms with Gasteiger partial charge in [0.05, 0.1) is 11.6 Å². The Kier molecular flexibility index (Phi) is 3.69. The molecule has 3 heterocycles. The highest BCUT2D eigenvalue weighted by Gasteiger charge is 2.19. The average Bonchev–Trinajstić information content (AvgIpc) is 3.25. The van der Waals surface area contributed by atoms with Gasteiger partial charge in [-0.05, 0) is 38.4 Å². The number of aryl methyl sites for hydroxylation is 1. The second kappa shape index (κ2) is 5.87. The number of fused-ring (bicyclic) bond motifs is 1. The number of nitrogens with two attached hydrogens (primary N) is 1. The summed E-state index contributed by atoms with van der Waals surface area (Å²) in [5.74, 6) is 1.11. The Balaban J connectivity index is 1.66. The molecular formula is C18H22N6. The Morgan fingerprint density at radius 3 is 2.50 bits per heavy atom. The monoisotopic (exact) mass is 322 g/mol. The molecule has 0 radical (unpaired) electrons. The summed E-state index contributed by atoms with van der Waals surface area (Å²) in [6, 6.07) is 8.96. The van der Waals surface area contributed by atoms with Gasteiger partial charge in [0.2, 0.25) is 0 Å². The lowest BCUT2D eigenvalue weighted by Crippen LogP contribution is -2.23. The highest BCUT2D eigenvalue weighted by Crippen LogP contribution is 2.27. The number of benzene rings is 1. The van der Waals surface area contributed by atoms with Crippen LogP contribution in [0.2, 0.25) is 0 Å².